The fourth-order valence-corrected chi connectivity index (χ4v) is 3.56. The second kappa shape index (κ2) is 5.89. The number of amides is 1. The first-order chi connectivity index (χ1) is 10.5. The van der Waals surface area contributed by atoms with Gasteiger partial charge in [0, 0.05) is 11.8 Å². The number of amidine groups is 1. The van der Waals surface area contributed by atoms with E-state index >= 15 is 0 Å². The molecule has 2 heterocycles. The van der Waals surface area contributed by atoms with Crippen LogP contribution in [-0.2, 0) is 4.79 Å². The van der Waals surface area contributed by atoms with Crippen molar-refractivity contribution >= 4 is 55.5 Å². The molecule has 1 amide bonds. The number of guanidine groups is 1. The molecule has 5 N–H and O–H groups in total. The normalized spacial score (nSPS) is 17.3. The van der Waals surface area contributed by atoms with Gasteiger partial charge in [0.05, 0.1) is 10.2 Å². The van der Waals surface area contributed by atoms with Crippen LogP contribution in [0.1, 0.15) is 0 Å². The van der Waals surface area contributed by atoms with Crippen LogP contribution in [0, 0.1) is 5.82 Å². The van der Waals surface area contributed by atoms with E-state index < -0.39 is 6.04 Å². The summed E-state index contributed by atoms with van der Waals surface area (Å²) in [6.07, 6.45) is 0. The maximum atomic E-state index is 13.1. The minimum atomic E-state index is -0.577. The predicted molar refractivity (Wildman–Crippen MR) is 87.7 cm³/mol. The number of nitrogens with zero attached hydrogens (tertiary/aromatic N) is 3. The highest BCUT2D eigenvalue weighted by Gasteiger charge is 2.25. The number of thioether (sulfide) groups is 1. The van der Waals surface area contributed by atoms with Crippen LogP contribution < -0.4 is 16.8 Å². The fraction of sp³-hybridized carbons (Fsp3) is 0.167. The lowest BCUT2D eigenvalue weighted by Crippen LogP contribution is -2.26. The highest BCUT2D eigenvalue weighted by molar-refractivity contribution is 8.14. The molecule has 0 saturated carbocycles. The van der Waals surface area contributed by atoms with E-state index in [-0.39, 0.29) is 17.7 Å². The molecule has 0 radical (unpaired) electrons. The molecule has 22 heavy (non-hydrogen) atoms. The molecule has 1 aromatic heterocycles. The summed E-state index contributed by atoms with van der Waals surface area (Å²) >= 11 is 2.57. The molecule has 1 aliphatic heterocycles. The molecule has 7 nitrogen and oxygen atoms in total. The van der Waals surface area contributed by atoms with Gasteiger partial charge in [-0.05, 0) is 12.1 Å². The van der Waals surface area contributed by atoms with Crippen LogP contribution in [0.5, 0.6) is 0 Å². The Labute approximate surface area is 132 Å². The molecular weight excluding hydrogens is 327 g/mol. The summed E-state index contributed by atoms with van der Waals surface area (Å²) in [5, 5.41) is 3.47. The smallest absolute Gasteiger partial charge is 0.251 e. The third-order valence-corrected chi connectivity index (χ3v) is 4.63. The molecule has 0 aliphatic carbocycles. The zero-order chi connectivity index (χ0) is 15.7. The number of benzene rings is 1. The van der Waals surface area contributed by atoms with E-state index in [1.165, 1.54) is 35.2 Å². The maximum absolute atomic E-state index is 13.1. The number of thiazole rings is 1. The van der Waals surface area contributed by atoms with Crippen molar-refractivity contribution in [2.75, 3.05) is 11.1 Å². The number of anilines is 1. The predicted octanol–water partition coefficient (Wildman–Crippen LogP) is 1.12. The Kier molecular flexibility index (Phi) is 3.94. The molecule has 0 bridgehead atoms. The van der Waals surface area contributed by atoms with Gasteiger partial charge in [-0.15, -0.1) is 0 Å². The summed E-state index contributed by atoms with van der Waals surface area (Å²) in [6.45, 7) is 0. The summed E-state index contributed by atoms with van der Waals surface area (Å²) in [4.78, 5) is 24.3. The summed E-state index contributed by atoms with van der Waals surface area (Å²) < 4.78 is 13.9. The average molecular weight is 338 g/mol. The number of carbonyl (C=O) groups excluding carboxylic acids is 1. The van der Waals surface area contributed by atoms with E-state index in [0.29, 0.717) is 21.6 Å². The molecule has 114 valence electrons. The van der Waals surface area contributed by atoms with E-state index in [1.54, 1.807) is 6.07 Å². The Morgan fingerprint density at radius 1 is 1.45 bits per heavy atom. The number of rotatable bonds is 2. The van der Waals surface area contributed by atoms with Gasteiger partial charge in [0.2, 0.25) is 0 Å². The van der Waals surface area contributed by atoms with Gasteiger partial charge < -0.3 is 16.8 Å². The Hall–Kier alpha value is -2.20. The lowest BCUT2D eigenvalue weighted by molar-refractivity contribution is -0.116. The van der Waals surface area contributed by atoms with Gasteiger partial charge in [0.25, 0.3) is 5.91 Å². The molecule has 0 spiro atoms. The van der Waals surface area contributed by atoms with Crippen molar-refractivity contribution in [2.24, 2.45) is 21.5 Å². The fourth-order valence-electron chi connectivity index (χ4n) is 1.81. The van der Waals surface area contributed by atoms with Gasteiger partial charge in [0.1, 0.15) is 11.9 Å². The number of aliphatic imine (C=N–C) groups is 2. The molecule has 1 aliphatic rings. The molecule has 2 aromatic rings. The van der Waals surface area contributed by atoms with Crippen LogP contribution in [0.15, 0.2) is 28.2 Å². The van der Waals surface area contributed by atoms with Crippen LogP contribution in [0.3, 0.4) is 0 Å². The Balaban J connectivity index is 1.73. The van der Waals surface area contributed by atoms with E-state index in [1.807, 2.05) is 0 Å². The lowest BCUT2D eigenvalue weighted by atomic mass is 10.3. The molecule has 1 unspecified atom stereocenters. The van der Waals surface area contributed by atoms with E-state index in [4.69, 9.17) is 11.5 Å². The maximum Gasteiger partial charge on any atom is 0.251 e. The second-order valence-corrected chi connectivity index (χ2v) is 6.41. The molecule has 1 atom stereocenters. The second-order valence-electron chi connectivity index (χ2n) is 4.40. The largest absolute Gasteiger partial charge is 0.370 e. The number of hydrogen-bond donors (Lipinski definition) is 3. The van der Waals surface area contributed by atoms with Crippen molar-refractivity contribution in [3.05, 3.63) is 24.0 Å². The molecule has 10 heteroatoms. The van der Waals surface area contributed by atoms with Gasteiger partial charge >= 0.3 is 0 Å². The van der Waals surface area contributed by atoms with Gasteiger partial charge in [0.15, 0.2) is 16.3 Å². The first-order valence-electron chi connectivity index (χ1n) is 6.18. The number of nitrogens with one attached hydrogen (secondary N) is 1. The topological polar surface area (TPSA) is 119 Å². The van der Waals surface area contributed by atoms with Crippen LogP contribution in [0.4, 0.5) is 9.52 Å². The van der Waals surface area contributed by atoms with Crippen molar-refractivity contribution in [3.8, 4) is 0 Å². The van der Waals surface area contributed by atoms with Gasteiger partial charge in [-0.2, -0.15) is 4.99 Å². The van der Waals surface area contributed by atoms with E-state index in [2.05, 4.69) is 20.3 Å². The molecule has 1 aromatic carbocycles. The quantitative estimate of drug-likeness (QED) is 0.560. The third kappa shape index (κ3) is 3.17. The van der Waals surface area contributed by atoms with E-state index in [0.717, 1.165) is 4.70 Å². The molecule has 0 saturated heterocycles. The lowest BCUT2D eigenvalue weighted by Gasteiger charge is -2.04. The monoisotopic (exact) mass is 338 g/mol. The summed E-state index contributed by atoms with van der Waals surface area (Å²) in [6, 6.07) is 3.72. The number of halogens is 1. The molecule has 0 fully saturated rings. The first-order valence-corrected chi connectivity index (χ1v) is 7.98. The highest BCUT2D eigenvalue weighted by atomic mass is 32.2. The van der Waals surface area contributed by atoms with Gasteiger partial charge in [-0.25, -0.2) is 14.4 Å². The van der Waals surface area contributed by atoms with Crippen LogP contribution in [0.2, 0.25) is 0 Å². The van der Waals surface area contributed by atoms with Crippen molar-refractivity contribution in [1.82, 2.24) is 4.98 Å². The van der Waals surface area contributed by atoms with Crippen molar-refractivity contribution in [2.45, 2.75) is 6.04 Å². The minimum Gasteiger partial charge on any atom is -0.370 e. The van der Waals surface area contributed by atoms with Crippen molar-refractivity contribution in [1.29, 1.82) is 0 Å². The van der Waals surface area contributed by atoms with E-state index in [9.17, 15) is 9.18 Å². The average Bonchev–Trinajstić information content (AvgIpc) is 3.03. The molecular formula is C12H11FN6OS2. The Bertz CT molecular complexity index is 798. The summed E-state index contributed by atoms with van der Waals surface area (Å²) in [7, 11) is 0. The van der Waals surface area contributed by atoms with Gasteiger partial charge in [-0.3, -0.25) is 4.79 Å². The number of nitrogens with two attached hydrogens (primary N) is 2. The van der Waals surface area contributed by atoms with Crippen LogP contribution in [0.25, 0.3) is 10.2 Å². The van der Waals surface area contributed by atoms with Crippen molar-refractivity contribution < 1.29 is 9.18 Å². The standard InChI is InChI=1S/C12H11FN6OS2/c13-5-1-2-8-6(3-5)16-12(22-8)18-9(20)7-4-21-11(17-7)19-10(14)15/h1-3,7H,4H2,(H,16,18,20)(H4,14,15,17,19). The summed E-state index contributed by atoms with van der Waals surface area (Å²) in [5.74, 6) is -0.306. The first kappa shape index (κ1) is 14.7. The number of fused-ring (bicyclic) bond motifs is 1. The number of hydrogen-bond acceptors (Lipinski definition) is 6. The van der Waals surface area contributed by atoms with Crippen LogP contribution in [-0.4, -0.2) is 33.8 Å². The Morgan fingerprint density at radius 3 is 3.05 bits per heavy atom. The minimum absolute atomic E-state index is 0.0968. The third-order valence-electron chi connectivity index (χ3n) is 2.74. The number of carbonyl (C=O) groups is 1. The Morgan fingerprint density at radius 2 is 2.27 bits per heavy atom. The van der Waals surface area contributed by atoms with Gasteiger partial charge in [-0.1, -0.05) is 23.1 Å². The summed E-state index contributed by atoms with van der Waals surface area (Å²) in [5.41, 5.74) is 11.0. The van der Waals surface area contributed by atoms with Crippen molar-refractivity contribution in [3.63, 3.8) is 0 Å². The van der Waals surface area contributed by atoms with Crippen LogP contribution >= 0.6 is 23.1 Å². The highest BCUT2D eigenvalue weighted by Crippen LogP contribution is 2.27. The molecule has 3 rings (SSSR count). The SMILES string of the molecule is NC(N)=NC1=NC(C(=O)Nc2nc3cc(F)ccc3s2)CS1. The number of aromatic nitrogens is 1. The zero-order valence-corrected chi connectivity index (χ0v) is 12.7. The zero-order valence-electron chi connectivity index (χ0n) is 11.1.